The smallest absolute Gasteiger partial charge is 0.358 e. The molecule has 0 saturated carbocycles. The molecule has 30 nitrogen and oxygen atoms in total. The van der Waals surface area contributed by atoms with Gasteiger partial charge in [0.2, 0.25) is 29.5 Å². The third kappa shape index (κ3) is 11.1. The number of benzene rings is 1. The highest BCUT2D eigenvalue weighted by atomic mass is 32.1. The van der Waals surface area contributed by atoms with E-state index in [1.54, 1.807) is 6.07 Å². The first-order valence-corrected chi connectivity index (χ1v) is 29.2. The molecule has 0 spiro atoms. The molecule has 10 heterocycles. The molecule has 3 aliphatic heterocycles. The third-order valence-electron chi connectivity index (χ3n) is 13.1. The highest BCUT2D eigenvalue weighted by molar-refractivity contribution is 7.14. The van der Waals surface area contributed by atoms with Crippen LogP contribution in [0.15, 0.2) is 81.9 Å². The maximum Gasteiger partial charge on any atom is 0.358 e. The van der Waals surface area contributed by atoms with Gasteiger partial charge >= 0.3 is 23.8 Å². The molecule has 12 bridgehead atoms. The lowest BCUT2D eigenvalue weighted by Gasteiger charge is -2.27. The number of rotatable bonds is 4. The maximum atomic E-state index is 14.6. The van der Waals surface area contributed by atoms with Gasteiger partial charge in [0.05, 0.1) is 25.3 Å². The van der Waals surface area contributed by atoms with E-state index in [-0.39, 0.29) is 98.4 Å². The number of esters is 2. The fourth-order valence-corrected chi connectivity index (χ4v) is 13.0. The zero-order chi connectivity index (χ0) is 61.0. The molecule has 11 rings (SSSR count). The van der Waals surface area contributed by atoms with Gasteiger partial charge in [0.1, 0.15) is 114 Å². The molecule has 86 heavy (non-hydrogen) atoms. The van der Waals surface area contributed by atoms with Crippen molar-refractivity contribution in [3.63, 3.8) is 0 Å². The van der Waals surface area contributed by atoms with E-state index in [4.69, 9.17) is 34.6 Å². The predicted molar refractivity (Wildman–Crippen MR) is 309 cm³/mol. The third-order valence-corrected chi connectivity index (χ3v) is 17.5. The second-order valence-electron chi connectivity index (χ2n) is 18.6. The average Bonchev–Trinajstić information content (AvgIpc) is 1.76. The number of aromatic nitrogens is 7. The van der Waals surface area contributed by atoms with Gasteiger partial charge in [-0.25, -0.2) is 59.5 Å². The number of thiazole rings is 5. The number of aromatic hydroxyl groups is 1. The number of pyridine rings is 1. The van der Waals surface area contributed by atoms with Gasteiger partial charge in [-0.3, -0.25) is 9.59 Å². The number of amides is 2. The second kappa shape index (κ2) is 23.5. The van der Waals surface area contributed by atoms with Gasteiger partial charge in [0.15, 0.2) is 17.8 Å². The largest absolute Gasteiger partial charge is 0.506 e. The number of hydrogen-bond acceptors (Lipinski definition) is 27. The highest BCUT2D eigenvalue weighted by Gasteiger charge is 2.41. The number of aliphatic imine (C=N–C) groups is 5. The SMILES string of the molecule is COC(C)=C1N=C(O)C(C(C)O)N=C(O)c2csc(n2)-c2cc(O)c(-c3nc(C(O)=NC(=O)C(N)=O)cs3)nc2-c2csc(n2)C2COC(=O)c3c4c5c(cccc5n3O)COC(=O)C(O)C(OC4)C(N=C(O)c3csc1n3)c1nc(cs1)C(O)=N2. The fraction of sp³-hybridized carbons (Fsp3) is 0.235. The lowest BCUT2D eigenvalue weighted by atomic mass is 10.0. The van der Waals surface area contributed by atoms with Crippen molar-refractivity contribution < 1.29 is 84.2 Å². The minimum Gasteiger partial charge on any atom is -0.506 e. The first kappa shape index (κ1) is 58.3. The Morgan fingerprint density at radius 3 is 2.21 bits per heavy atom. The number of hydrogen-bond donors (Lipinski definition) is 10. The molecule has 0 saturated heterocycles. The van der Waals surface area contributed by atoms with Crippen LogP contribution in [0.25, 0.3) is 49.3 Å². The molecule has 3 aliphatic rings. The summed E-state index contributed by atoms with van der Waals surface area (Å²) in [6.07, 6.45) is -5.56. The van der Waals surface area contributed by atoms with Gasteiger partial charge in [0.25, 0.3) is 0 Å². The second-order valence-corrected chi connectivity index (χ2v) is 22.9. The van der Waals surface area contributed by atoms with Crippen LogP contribution in [0.4, 0.5) is 0 Å². The van der Waals surface area contributed by atoms with Crippen LogP contribution >= 0.6 is 56.7 Å². The molecule has 0 radical (unpaired) electrons. The van der Waals surface area contributed by atoms with Crippen LogP contribution in [-0.2, 0) is 46.5 Å². The lowest BCUT2D eigenvalue weighted by molar-refractivity contribution is -0.166. The maximum absolute atomic E-state index is 14.6. The molecule has 0 fully saturated rings. The van der Waals surface area contributed by atoms with Crippen LogP contribution in [-0.4, -0.2) is 172 Å². The van der Waals surface area contributed by atoms with Gasteiger partial charge in [-0.1, -0.05) is 12.1 Å². The van der Waals surface area contributed by atoms with Crippen molar-refractivity contribution in [2.24, 2.45) is 30.7 Å². The molecular formula is C51H41N13O17S5. The number of nitrogens with zero attached hydrogens (tertiary/aromatic N) is 12. The van der Waals surface area contributed by atoms with Crippen LogP contribution in [0, 0.1) is 0 Å². The van der Waals surface area contributed by atoms with E-state index < -0.39 is 121 Å². The summed E-state index contributed by atoms with van der Waals surface area (Å²) >= 11 is 4.40. The van der Waals surface area contributed by atoms with Crippen molar-refractivity contribution in [1.82, 2.24) is 34.6 Å². The summed E-state index contributed by atoms with van der Waals surface area (Å²) in [5.41, 5.74) is 3.62. The molecule has 6 atom stereocenters. The van der Waals surface area contributed by atoms with Gasteiger partial charge in [-0.15, -0.1) is 56.7 Å². The molecule has 0 aliphatic carbocycles. The van der Waals surface area contributed by atoms with Gasteiger partial charge in [-0.05, 0) is 31.5 Å². The number of carbonyl (C=O) groups excluding carboxylic acids is 4. The molecule has 1 aromatic carbocycles. The first-order chi connectivity index (χ1) is 41.2. The summed E-state index contributed by atoms with van der Waals surface area (Å²) in [5.74, 6) is -9.97. The summed E-state index contributed by atoms with van der Waals surface area (Å²) in [4.78, 5) is 100. The molecule has 11 N–H and O–H groups in total. The highest BCUT2D eigenvalue weighted by Crippen LogP contribution is 2.42. The Morgan fingerprint density at radius 2 is 1.47 bits per heavy atom. The predicted octanol–water partition coefficient (Wildman–Crippen LogP) is 5.20. The number of aliphatic hydroxyl groups excluding tert-OH is 7. The number of fused-ring (bicyclic) bond motifs is 14. The fourth-order valence-electron chi connectivity index (χ4n) is 8.83. The van der Waals surface area contributed by atoms with Crippen LogP contribution < -0.4 is 5.73 Å². The van der Waals surface area contributed by atoms with Gasteiger partial charge in [-0.2, -0.15) is 9.72 Å². The minimum absolute atomic E-state index is 0.00158. The molecule has 6 unspecified atom stereocenters. The molecule has 35 heteroatoms. The van der Waals surface area contributed by atoms with Gasteiger partial charge < -0.3 is 70.7 Å². The lowest BCUT2D eigenvalue weighted by Crippen LogP contribution is -2.41. The van der Waals surface area contributed by atoms with Crippen molar-refractivity contribution in [2.45, 2.75) is 63.5 Å². The summed E-state index contributed by atoms with van der Waals surface area (Å²) < 4.78 is 23.9. The molecule has 7 aromatic heterocycles. The Kier molecular flexibility index (Phi) is 15.9. The van der Waals surface area contributed by atoms with E-state index in [0.717, 1.165) is 56.7 Å². The molecular weight excluding hydrogens is 1230 g/mol. The molecule has 442 valence electrons. The quantitative estimate of drug-likeness (QED) is 0.0270. The monoisotopic (exact) mass is 1270 g/mol. The molecule has 8 aromatic rings. The van der Waals surface area contributed by atoms with E-state index in [2.05, 4.69) is 44.9 Å². The number of aliphatic hydroxyl groups is 7. The van der Waals surface area contributed by atoms with E-state index >= 15 is 0 Å². The van der Waals surface area contributed by atoms with Crippen LogP contribution in [0.3, 0.4) is 0 Å². The Labute approximate surface area is 500 Å². The summed E-state index contributed by atoms with van der Waals surface area (Å²) in [6, 6.07) is 1.03. The van der Waals surface area contributed by atoms with Crippen LogP contribution in [0.2, 0.25) is 0 Å². The molecule has 2 amide bonds. The van der Waals surface area contributed by atoms with Gasteiger partial charge in [0, 0.05) is 43.4 Å². The van der Waals surface area contributed by atoms with E-state index in [9.17, 15) is 65.2 Å². The van der Waals surface area contributed by atoms with Crippen LogP contribution in [0.5, 0.6) is 5.75 Å². The summed E-state index contributed by atoms with van der Waals surface area (Å²) in [5, 5.41) is 111. The Hall–Kier alpha value is -9.49. The van der Waals surface area contributed by atoms with Crippen molar-refractivity contribution >= 4 is 127 Å². The van der Waals surface area contributed by atoms with Crippen LogP contribution in [0.1, 0.15) is 85.3 Å². The average molecular weight is 1270 g/mol. The standard InChI is InChI=1S/C51H41N13O17S5/c1-16(65)30-43(73)61-31(17(2)78-3)47-56-25(14-84-47)41(71)62-34-37-36(67)51(76)80-8-18-5-4-6-27-29(18)20(9-79-37)35(64(27)77)50(75)81-10-21(53-39(69)23-13-86-49(34)58-23)46-54-22(11-83-46)32-19(45-55-24(12-82-45)40(70)60-30)7-28(66)33(59-32)48-57-26(15-85-48)42(72)63-44(74)38(52)68/h4-7,11-16,21,30,34,36-37,65-67,77H,8-10H2,1-3H3,(H2,52,68)(H,53,69)(H,60,70)(H,61,73)(H,62,71)(H,63,72,74). The normalized spacial score (nSPS) is 20.5. The number of nitrogens with two attached hydrogens (primary N) is 1. The zero-order valence-electron chi connectivity index (χ0n) is 44.1. The van der Waals surface area contributed by atoms with E-state index in [1.165, 1.54) is 66.1 Å². The number of methoxy groups -OCH3 is 1. The summed E-state index contributed by atoms with van der Waals surface area (Å²) in [6.45, 7) is 0.937. The number of cyclic esters (lactones) is 2. The first-order valence-electron chi connectivity index (χ1n) is 24.8. The number of carbonyl (C=O) groups is 4. The minimum atomic E-state index is -2.20. The summed E-state index contributed by atoms with van der Waals surface area (Å²) in [7, 11) is 1.30. The Bertz CT molecular complexity index is 4280. The number of primary amides is 1. The van der Waals surface area contributed by atoms with Crippen molar-refractivity contribution in [3.8, 4) is 38.4 Å². The topological polar surface area (TPSA) is 457 Å². The zero-order valence-corrected chi connectivity index (χ0v) is 48.1. The van der Waals surface area contributed by atoms with Crippen molar-refractivity contribution in [2.75, 3.05) is 13.7 Å². The Balaban J connectivity index is 1.14. The van der Waals surface area contributed by atoms with E-state index in [0.29, 0.717) is 10.3 Å². The van der Waals surface area contributed by atoms with Crippen molar-refractivity contribution in [1.29, 1.82) is 0 Å². The Morgan fingerprint density at radius 1 is 0.802 bits per heavy atom. The van der Waals surface area contributed by atoms with Crippen molar-refractivity contribution in [3.05, 3.63) is 112 Å². The number of ether oxygens (including phenoxy) is 4. The van der Waals surface area contributed by atoms with E-state index in [1.807, 2.05) is 0 Å². The number of allylic oxidation sites excluding steroid dienone is 1.